The summed E-state index contributed by atoms with van der Waals surface area (Å²) in [5.41, 5.74) is 1.14. The molecule has 0 saturated carbocycles. The van der Waals surface area contributed by atoms with Crippen LogP contribution >= 0.6 is 11.6 Å². The average Bonchev–Trinajstić information content (AvgIpc) is 2.52. The zero-order chi connectivity index (χ0) is 13.0. The lowest BCUT2D eigenvalue weighted by Crippen LogP contribution is -2.40. The first-order chi connectivity index (χ1) is 8.70. The molecule has 1 aliphatic heterocycles. The number of benzene rings is 1. The highest BCUT2D eigenvalue weighted by Gasteiger charge is 2.22. The maximum absolute atomic E-state index is 8.85. The van der Waals surface area contributed by atoms with Crippen molar-refractivity contribution < 1.29 is 0 Å². The van der Waals surface area contributed by atoms with E-state index < -0.39 is 0 Å². The van der Waals surface area contributed by atoms with E-state index in [-0.39, 0.29) is 6.04 Å². The molecule has 1 fully saturated rings. The average molecular weight is 264 g/mol. The van der Waals surface area contributed by atoms with Crippen LogP contribution in [0.2, 0.25) is 5.02 Å². The summed E-state index contributed by atoms with van der Waals surface area (Å²) >= 11 is 6.06. The molecule has 0 radical (unpaired) electrons. The van der Waals surface area contributed by atoms with Crippen LogP contribution in [-0.2, 0) is 0 Å². The minimum absolute atomic E-state index is 0.235. The second-order valence-electron chi connectivity index (χ2n) is 4.78. The fourth-order valence-electron chi connectivity index (χ4n) is 2.40. The highest BCUT2D eigenvalue weighted by Crippen LogP contribution is 2.24. The van der Waals surface area contributed by atoms with Crippen molar-refractivity contribution in [3.8, 4) is 6.07 Å². The monoisotopic (exact) mass is 263 g/mol. The van der Waals surface area contributed by atoms with Gasteiger partial charge in [0, 0.05) is 29.3 Å². The Morgan fingerprint density at radius 3 is 3.11 bits per heavy atom. The summed E-state index contributed by atoms with van der Waals surface area (Å²) < 4.78 is 0. The fraction of sp³-hybridized carbons (Fsp3) is 0.500. The van der Waals surface area contributed by atoms with Gasteiger partial charge in [-0.3, -0.25) is 0 Å². The Kier molecular flexibility index (Phi) is 4.46. The fourth-order valence-corrected chi connectivity index (χ4v) is 2.58. The minimum atomic E-state index is 0.235. The first kappa shape index (κ1) is 13.2. The molecule has 96 valence electrons. The predicted octanol–water partition coefficient (Wildman–Crippen LogP) is 2.81. The van der Waals surface area contributed by atoms with E-state index in [9.17, 15) is 0 Å². The third kappa shape index (κ3) is 3.16. The minimum Gasteiger partial charge on any atom is -0.367 e. The highest BCUT2D eigenvalue weighted by molar-refractivity contribution is 6.30. The lowest BCUT2D eigenvalue weighted by atomic mass is 10.1. The number of rotatable bonds is 2. The number of hydrogen-bond donors (Lipinski definition) is 1. The van der Waals surface area contributed by atoms with Gasteiger partial charge in [0.1, 0.15) is 0 Å². The molecule has 2 rings (SSSR count). The van der Waals surface area contributed by atoms with Crippen molar-refractivity contribution in [2.75, 3.05) is 18.0 Å². The Morgan fingerprint density at radius 2 is 2.39 bits per heavy atom. The molecule has 0 bridgehead atoms. The van der Waals surface area contributed by atoms with Gasteiger partial charge in [-0.2, -0.15) is 5.26 Å². The second-order valence-corrected chi connectivity index (χ2v) is 5.22. The third-order valence-corrected chi connectivity index (χ3v) is 3.66. The van der Waals surface area contributed by atoms with Gasteiger partial charge in [-0.05, 0) is 38.1 Å². The van der Waals surface area contributed by atoms with E-state index in [1.54, 1.807) is 0 Å². The molecule has 0 amide bonds. The third-order valence-electron chi connectivity index (χ3n) is 3.42. The zero-order valence-corrected chi connectivity index (χ0v) is 11.3. The molecule has 1 aliphatic rings. The smallest absolute Gasteiger partial charge is 0.0638 e. The summed E-state index contributed by atoms with van der Waals surface area (Å²) in [6, 6.07) is 10.9. The van der Waals surface area contributed by atoms with Crippen molar-refractivity contribution in [1.29, 1.82) is 5.26 Å². The van der Waals surface area contributed by atoms with E-state index in [1.165, 1.54) is 0 Å². The maximum Gasteiger partial charge on any atom is 0.0638 e. The second kappa shape index (κ2) is 6.08. The zero-order valence-electron chi connectivity index (χ0n) is 10.6. The van der Waals surface area contributed by atoms with Gasteiger partial charge < -0.3 is 10.2 Å². The molecule has 3 nitrogen and oxygen atoms in total. The van der Waals surface area contributed by atoms with Gasteiger partial charge in [0.2, 0.25) is 0 Å². The molecule has 2 atom stereocenters. The topological polar surface area (TPSA) is 39.1 Å². The Bertz CT molecular complexity index is 441. The summed E-state index contributed by atoms with van der Waals surface area (Å²) in [5.74, 6) is 0. The Labute approximate surface area is 113 Å². The van der Waals surface area contributed by atoms with Gasteiger partial charge in [0.25, 0.3) is 0 Å². The van der Waals surface area contributed by atoms with Crippen molar-refractivity contribution in [1.82, 2.24) is 5.32 Å². The molecule has 0 spiro atoms. The van der Waals surface area contributed by atoms with Gasteiger partial charge in [-0.1, -0.05) is 17.7 Å². The summed E-state index contributed by atoms with van der Waals surface area (Å²) in [7, 11) is 0. The molecule has 0 aromatic heterocycles. The number of hydrogen-bond acceptors (Lipinski definition) is 3. The molecular weight excluding hydrogens is 246 g/mol. The van der Waals surface area contributed by atoms with Gasteiger partial charge >= 0.3 is 0 Å². The van der Waals surface area contributed by atoms with Crippen LogP contribution in [-0.4, -0.2) is 25.2 Å². The summed E-state index contributed by atoms with van der Waals surface area (Å²) in [6.45, 7) is 4.04. The van der Waals surface area contributed by atoms with Crippen molar-refractivity contribution in [2.45, 2.75) is 31.8 Å². The van der Waals surface area contributed by atoms with Crippen LogP contribution in [0.3, 0.4) is 0 Å². The van der Waals surface area contributed by atoms with Gasteiger partial charge in [-0.15, -0.1) is 0 Å². The van der Waals surface area contributed by atoms with Gasteiger partial charge in [0.05, 0.1) is 12.5 Å². The highest BCUT2D eigenvalue weighted by atomic mass is 35.5. The quantitative estimate of drug-likeness (QED) is 0.892. The Balaban J connectivity index is 2.20. The number of nitrogens with zero attached hydrogens (tertiary/aromatic N) is 2. The van der Waals surface area contributed by atoms with E-state index in [2.05, 4.69) is 29.3 Å². The first-order valence-corrected chi connectivity index (χ1v) is 6.71. The molecular formula is C14H18ClN3. The van der Waals surface area contributed by atoms with Crippen molar-refractivity contribution >= 4 is 17.3 Å². The van der Waals surface area contributed by atoms with E-state index in [0.717, 1.165) is 30.2 Å². The number of nitriles is 1. The van der Waals surface area contributed by atoms with E-state index in [1.807, 2.05) is 18.2 Å². The SMILES string of the molecule is CC1CCNC(CC#N)CN1c1cccc(Cl)c1. The molecule has 1 N–H and O–H groups in total. The molecule has 1 aromatic rings. The van der Waals surface area contributed by atoms with Crippen LogP contribution in [0, 0.1) is 11.3 Å². The molecule has 1 heterocycles. The van der Waals surface area contributed by atoms with Crippen molar-refractivity contribution in [3.63, 3.8) is 0 Å². The number of anilines is 1. The normalized spacial score (nSPS) is 24.4. The lowest BCUT2D eigenvalue weighted by Gasteiger charge is -2.31. The van der Waals surface area contributed by atoms with Crippen molar-refractivity contribution in [2.24, 2.45) is 0 Å². The first-order valence-electron chi connectivity index (χ1n) is 6.33. The van der Waals surface area contributed by atoms with Crippen LogP contribution in [0.4, 0.5) is 5.69 Å². The van der Waals surface area contributed by atoms with Crippen LogP contribution in [0.5, 0.6) is 0 Å². The molecule has 1 saturated heterocycles. The van der Waals surface area contributed by atoms with E-state index in [0.29, 0.717) is 12.5 Å². The molecule has 1 aromatic carbocycles. The lowest BCUT2D eigenvalue weighted by molar-refractivity contribution is 0.552. The molecule has 2 unspecified atom stereocenters. The summed E-state index contributed by atoms with van der Waals surface area (Å²) in [6.07, 6.45) is 1.62. The molecule has 0 aliphatic carbocycles. The number of halogens is 1. The molecule has 18 heavy (non-hydrogen) atoms. The summed E-state index contributed by atoms with van der Waals surface area (Å²) in [4.78, 5) is 2.34. The van der Waals surface area contributed by atoms with Crippen molar-refractivity contribution in [3.05, 3.63) is 29.3 Å². The molecule has 4 heteroatoms. The standard InChI is InChI=1S/C14H18ClN3/c1-11-6-8-17-13(5-7-16)10-18(11)14-4-2-3-12(15)9-14/h2-4,9,11,13,17H,5-6,8,10H2,1H3. The van der Waals surface area contributed by atoms with Gasteiger partial charge in [-0.25, -0.2) is 0 Å². The predicted molar refractivity (Wildman–Crippen MR) is 74.9 cm³/mol. The Hall–Kier alpha value is -1.24. The van der Waals surface area contributed by atoms with E-state index >= 15 is 0 Å². The van der Waals surface area contributed by atoms with Crippen LogP contribution in [0.25, 0.3) is 0 Å². The van der Waals surface area contributed by atoms with Crippen LogP contribution < -0.4 is 10.2 Å². The summed E-state index contributed by atoms with van der Waals surface area (Å²) in [5, 5.41) is 13.0. The largest absolute Gasteiger partial charge is 0.367 e. The Morgan fingerprint density at radius 1 is 1.56 bits per heavy atom. The van der Waals surface area contributed by atoms with Crippen LogP contribution in [0.15, 0.2) is 24.3 Å². The van der Waals surface area contributed by atoms with Crippen LogP contribution in [0.1, 0.15) is 19.8 Å². The van der Waals surface area contributed by atoms with E-state index in [4.69, 9.17) is 16.9 Å². The maximum atomic E-state index is 8.85. The van der Waals surface area contributed by atoms with Gasteiger partial charge in [0.15, 0.2) is 0 Å². The number of nitrogens with one attached hydrogen (secondary N) is 1.